The van der Waals surface area contributed by atoms with E-state index >= 15 is 0 Å². The van der Waals surface area contributed by atoms with Gasteiger partial charge in [0.1, 0.15) is 11.6 Å². The van der Waals surface area contributed by atoms with Gasteiger partial charge in [-0.3, -0.25) is 0 Å². The zero-order chi connectivity index (χ0) is 9.84. The van der Waals surface area contributed by atoms with E-state index in [0.717, 1.165) is 11.6 Å². The fourth-order valence-electron chi connectivity index (χ4n) is 0.752. The monoisotopic (exact) mass is 200 g/mol. The summed E-state index contributed by atoms with van der Waals surface area (Å²) < 4.78 is 1.90. The highest BCUT2D eigenvalue weighted by atomic mass is 32.2. The van der Waals surface area contributed by atoms with Crippen molar-refractivity contribution in [1.29, 1.82) is 0 Å². The average Bonchev–Trinajstić information content (AvgIpc) is 2.44. The van der Waals surface area contributed by atoms with Gasteiger partial charge in [-0.25, -0.2) is 0 Å². The minimum Gasteiger partial charge on any atom is -0.377 e. The maximum Gasteiger partial charge on any atom is 0.177 e. The Balaban J connectivity index is 2.60. The lowest BCUT2D eigenvalue weighted by atomic mass is 10.6. The van der Waals surface area contributed by atoms with E-state index in [9.17, 15) is 0 Å². The minimum absolute atomic E-state index is 0.348. The molecule has 0 unspecified atom stereocenters. The van der Waals surface area contributed by atoms with Crippen molar-refractivity contribution >= 4 is 16.9 Å². The van der Waals surface area contributed by atoms with Crippen molar-refractivity contribution in [3.8, 4) is 0 Å². The largest absolute Gasteiger partial charge is 0.377 e. The van der Waals surface area contributed by atoms with E-state index in [0.29, 0.717) is 10.9 Å². The van der Waals surface area contributed by atoms with Gasteiger partial charge in [0, 0.05) is 7.05 Å². The van der Waals surface area contributed by atoms with Gasteiger partial charge in [0.05, 0.1) is 5.75 Å². The van der Waals surface area contributed by atoms with Crippen LogP contribution in [0.5, 0.6) is 0 Å². The number of hydrogen-bond donors (Lipinski definition) is 2. The van der Waals surface area contributed by atoms with Gasteiger partial charge in [-0.15, -0.1) is 10.2 Å². The van der Waals surface area contributed by atoms with Crippen molar-refractivity contribution in [2.24, 2.45) is 23.7 Å². The number of nitrogens with two attached hydrogens (primary N) is 2. The van der Waals surface area contributed by atoms with Gasteiger partial charge in [0.2, 0.25) is 0 Å². The molecule has 1 heterocycles. The van der Waals surface area contributed by atoms with Crippen molar-refractivity contribution in [1.82, 2.24) is 14.8 Å². The molecule has 4 N–H and O–H groups in total. The standard InChI is InChI=1S/C6H12N6S/c1-4-10-11-5(12(4)2)3-13-6(7)9-8/h3,8H2,1-2H3,(H2,7,9). The number of rotatable bonds is 2. The Kier molecular flexibility index (Phi) is 3.13. The van der Waals surface area contributed by atoms with Gasteiger partial charge in [0.15, 0.2) is 5.17 Å². The molecule has 0 amide bonds. The number of nitrogens with zero attached hydrogens (tertiary/aromatic N) is 4. The van der Waals surface area contributed by atoms with Crippen LogP contribution in [-0.4, -0.2) is 19.9 Å². The minimum atomic E-state index is 0.348. The van der Waals surface area contributed by atoms with E-state index in [-0.39, 0.29) is 0 Å². The molecule has 1 aromatic rings. The van der Waals surface area contributed by atoms with Crippen molar-refractivity contribution in [2.75, 3.05) is 0 Å². The Morgan fingerprint density at radius 2 is 2.31 bits per heavy atom. The molecule has 7 heteroatoms. The molecule has 6 nitrogen and oxygen atoms in total. The van der Waals surface area contributed by atoms with Crippen LogP contribution in [-0.2, 0) is 12.8 Å². The highest BCUT2D eigenvalue weighted by Gasteiger charge is 2.05. The van der Waals surface area contributed by atoms with E-state index in [1.54, 1.807) is 0 Å². The van der Waals surface area contributed by atoms with Gasteiger partial charge in [-0.05, 0) is 6.92 Å². The molecule has 0 aromatic carbocycles. The third-order valence-electron chi connectivity index (χ3n) is 1.66. The number of hydrogen-bond acceptors (Lipinski definition) is 5. The molecule has 0 spiro atoms. The van der Waals surface area contributed by atoms with Crippen LogP contribution in [0.4, 0.5) is 0 Å². The maximum absolute atomic E-state index is 5.41. The molecule has 13 heavy (non-hydrogen) atoms. The van der Waals surface area contributed by atoms with Crippen molar-refractivity contribution in [2.45, 2.75) is 12.7 Å². The first kappa shape index (κ1) is 9.85. The van der Waals surface area contributed by atoms with Crippen LogP contribution < -0.4 is 11.6 Å². The van der Waals surface area contributed by atoms with Crippen molar-refractivity contribution in [3.05, 3.63) is 11.6 Å². The third kappa shape index (κ3) is 2.35. The Morgan fingerprint density at radius 1 is 1.62 bits per heavy atom. The van der Waals surface area contributed by atoms with Crippen LogP contribution in [0.25, 0.3) is 0 Å². The van der Waals surface area contributed by atoms with Crippen LogP contribution >= 0.6 is 11.8 Å². The van der Waals surface area contributed by atoms with E-state index in [2.05, 4.69) is 15.3 Å². The molecule has 0 atom stereocenters. The summed E-state index contributed by atoms with van der Waals surface area (Å²) in [6.07, 6.45) is 0. The van der Waals surface area contributed by atoms with E-state index in [4.69, 9.17) is 11.6 Å². The summed E-state index contributed by atoms with van der Waals surface area (Å²) >= 11 is 1.34. The molecule has 0 bridgehead atoms. The number of hydrazone groups is 1. The molecular formula is C6H12N6S. The molecule has 1 aromatic heterocycles. The second-order valence-corrected chi connectivity index (χ2v) is 3.47. The Bertz CT molecular complexity index is 317. The molecule has 0 saturated heterocycles. The second kappa shape index (κ2) is 4.13. The maximum atomic E-state index is 5.41. The van der Waals surface area contributed by atoms with Crippen LogP contribution in [0, 0.1) is 6.92 Å². The molecule has 0 radical (unpaired) electrons. The van der Waals surface area contributed by atoms with E-state index < -0.39 is 0 Å². The zero-order valence-corrected chi connectivity index (χ0v) is 8.38. The molecule has 0 saturated carbocycles. The summed E-state index contributed by atoms with van der Waals surface area (Å²) in [5.41, 5.74) is 5.41. The molecule has 1 rings (SSSR count). The van der Waals surface area contributed by atoms with Gasteiger partial charge >= 0.3 is 0 Å². The lowest BCUT2D eigenvalue weighted by Crippen LogP contribution is -2.10. The second-order valence-electron chi connectivity index (χ2n) is 2.48. The molecule has 0 aliphatic heterocycles. The van der Waals surface area contributed by atoms with Gasteiger partial charge in [-0.2, -0.15) is 5.10 Å². The smallest absolute Gasteiger partial charge is 0.177 e. The van der Waals surface area contributed by atoms with Crippen LogP contribution in [0.3, 0.4) is 0 Å². The first-order valence-corrected chi connectivity index (χ1v) is 4.64. The van der Waals surface area contributed by atoms with Crippen molar-refractivity contribution in [3.63, 3.8) is 0 Å². The first-order chi connectivity index (χ1) is 6.15. The summed E-state index contributed by atoms with van der Waals surface area (Å²) in [6.45, 7) is 1.89. The summed E-state index contributed by atoms with van der Waals surface area (Å²) in [5.74, 6) is 7.34. The van der Waals surface area contributed by atoms with Gasteiger partial charge in [0.25, 0.3) is 0 Å². The number of aryl methyl sites for hydroxylation is 1. The lowest BCUT2D eigenvalue weighted by molar-refractivity contribution is 0.817. The first-order valence-electron chi connectivity index (χ1n) is 3.66. The van der Waals surface area contributed by atoms with Crippen LogP contribution in [0.1, 0.15) is 11.6 Å². The predicted molar refractivity (Wildman–Crippen MR) is 52.8 cm³/mol. The summed E-state index contributed by atoms with van der Waals surface area (Å²) in [6, 6.07) is 0. The van der Waals surface area contributed by atoms with Gasteiger partial charge < -0.3 is 16.1 Å². The summed E-state index contributed by atoms with van der Waals surface area (Å²) in [7, 11) is 1.90. The normalized spacial score (nSPS) is 12.0. The molecular weight excluding hydrogens is 188 g/mol. The Labute approximate surface area is 80.4 Å². The van der Waals surface area contributed by atoms with Crippen LogP contribution in [0.15, 0.2) is 5.10 Å². The average molecular weight is 200 g/mol. The predicted octanol–water partition coefficient (Wildman–Crippen LogP) is -0.455. The number of aromatic nitrogens is 3. The quantitative estimate of drug-likeness (QED) is 0.292. The molecule has 0 fully saturated rings. The van der Waals surface area contributed by atoms with E-state index in [1.165, 1.54) is 11.8 Å². The molecule has 0 aliphatic carbocycles. The number of thioether (sulfide) groups is 1. The number of amidine groups is 1. The molecule has 0 aliphatic rings. The summed E-state index contributed by atoms with van der Waals surface area (Å²) in [5, 5.41) is 11.6. The Hall–Kier alpha value is -1.24. The summed E-state index contributed by atoms with van der Waals surface area (Å²) in [4.78, 5) is 0. The highest BCUT2D eigenvalue weighted by molar-refractivity contribution is 8.13. The SMILES string of the molecule is Cc1nnc(CSC(N)=NN)n1C. The van der Waals surface area contributed by atoms with Gasteiger partial charge in [-0.1, -0.05) is 11.8 Å². The Morgan fingerprint density at radius 3 is 2.77 bits per heavy atom. The fraction of sp³-hybridized carbons (Fsp3) is 0.500. The third-order valence-corrected chi connectivity index (χ3v) is 2.46. The van der Waals surface area contributed by atoms with Crippen molar-refractivity contribution < 1.29 is 0 Å². The zero-order valence-electron chi connectivity index (χ0n) is 7.56. The molecule has 72 valence electrons. The fourth-order valence-corrected chi connectivity index (χ4v) is 1.36. The topological polar surface area (TPSA) is 95.1 Å². The highest BCUT2D eigenvalue weighted by Crippen LogP contribution is 2.09. The van der Waals surface area contributed by atoms with Crippen LogP contribution in [0.2, 0.25) is 0 Å². The lowest BCUT2D eigenvalue weighted by Gasteiger charge is -1.99. The van der Waals surface area contributed by atoms with E-state index in [1.807, 2.05) is 18.5 Å².